The third kappa shape index (κ3) is 5.96. The van der Waals surface area contributed by atoms with Crippen molar-refractivity contribution in [3.05, 3.63) is 70.7 Å². The molecule has 5 rings (SSSR count). The monoisotopic (exact) mass is 591 g/mol. The standard InChI is InChI=1S/C19H18F4N2O3.C10H11NO3/c1-17(2)9-28-16-13(17)7-14(18(27,8-24-10-26)19(21,22)23)25-15(16)11-3-5-12(20)6-4-11;1-6-3-7-5-11-10(12)14-9(7)8(4-6)13-2/h3-7,10,27H,8-9H2,1-2H3,(H,24,26);3-4H,5H2,1-2H3,(H,11,12). The molecule has 3 N–H and O–H groups in total. The number of ether oxygens (including phenoxy) is 3. The van der Waals surface area contributed by atoms with Crippen LogP contribution in [0.15, 0.2) is 42.5 Å². The van der Waals surface area contributed by atoms with Crippen LogP contribution in [-0.2, 0) is 22.4 Å². The van der Waals surface area contributed by atoms with Crippen LogP contribution in [0.25, 0.3) is 11.3 Å². The number of aryl methyl sites for hydroxylation is 1. The summed E-state index contributed by atoms with van der Waals surface area (Å²) in [5.74, 6) is 0.907. The molecule has 0 radical (unpaired) electrons. The van der Waals surface area contributed by atoms with Gasteiger partial charge in [0, 0.05) is 28.7 Å². The van der Waals surface area contributed by atoms with Gasteiger partial charge in [-0.3, -0.25) is 4.79 Å². The van der Waals surface area contributed by atoms with Crippen molar-refractivity contribution in [2.45, 2.75) is 44.5 Å². The van der Waals surface area contributed by atoms with Gasteiger partial charge in [0.25, 0.3) is 0 Å². The molecule has 0 spiro atoms. The van der Waals surface area contributed by atoms with Crippen LogP contribution in [0, 0.1) is 12.7 Å². The summed E-state index contributed by atoms with van der Waals surface area (Å²) in [6, 6.07) is 10.0. The molecule has 1 atom stereocenters. The number of nitrogens with one attached hydrogen (secondary N) is 2. The largest absolute Gasteiger partial charge is 0.493 e. The Bertz CT molecular complexity index is 1480. The molecule has 3 aromatic rings. The lowest BCUT2D eigenvalue weighted by Crippen LogP contribution is -2.50. The smallest absolute Gasteiger partial charge is 0.424 e. The van der Waals surface area contributed by atoms with Gasteiger partial charge in [0.1, 0.15) is 17.3 Å². The van der Waals surface area contributed by atoms with E-state index in [0.717, 1.165) is 29.3 Å². The number of rotatable bonds is 6. The third-order valence-electron chi connectivity index (χ3n) is 6.85. The number of aliphatic hydroxyl groups is 1. The second kappa shape index (κ2) is 11.5. The predicted molar refractivity (Wildman–Crippen MR) is 143 cm³/mol. The Labute approximate surface area is 238 Å². The van der Waals surface area contributed by atoms with Gasteiger partial charge < -0.3 is 30.0 Å². The number of carbonyl (C=O) groups is 2. The Hall–Kier alpha value is -4.39. The molecule has 2 amide bonds. The van der Waals surface area contributed by atoms with E-state index in [1.165, 1.54) is 12.1 Å². The minimum atomic E-state index is -5.10. The second-order valence-electron chi connectivity index (χ2n) is 10.5. The van der Waals surface area contributed by atoms with Gasteiger partial charge in [-0.2, -0.15) is 13.2 Å². The van der Waals surface area contributed by atoms with Crippen LogP contribution in [-0.4, -0.2) is 49.0 Å². The summed E-state index contributed by atoms with van der Waals surface area (Å²) in [6.45, 7) is 5.14. The lowest BCUT2D eigenvalue weighted by atomic mass is 9.84. The fourth-order valence-electron chi connectivity index (χ4n) is 4.56. The summed E-state index contributed by atoms with van der Waals surface area (Å²) in [7, 11) is 1.56. The molecular formula is C29H29F4N3O6. The van der Waals surface area contributed by atoms with E-state index in [1.807, 2.05) is 24.4 Å². The van der Waals surface area contributed by atoms with Gasteiger partial charge in [-0.15, -0.1) is 0 Å². The van der Waals surface area contributed by atoms with Gasteiger partial charge in [0.15, 0.2) is 11.5 Å². The number of hydrogen-bond acceptors (Lipinski definition) is 7. The average Bonchev–Trinajstić information content (AvgIpc) is 3.25. The lowest BCUT2D eigenvalue weighted by Gasteiger charge is -2.31. The Morgan fingerprint density at radius 1 is 1.17 bits per heavy atom. The first-order chi connectivity index (χ1) is 19.7. The summed E-state index contributed by atoms with van der Waals surface area (Å²) in [6.07, 6.45) is -5.47. The molecule has 2 aromatic carbocycles. The number of methoxy groups -OCH3 is 1. The molecule has 9 nitrogen and oxygen atoms in total. The second-order valence-corrected chi connectivity index (χ2v) is 10.5. The fraction of sp³-hybridized carbons (Fsp3) is 0.345. The van der Waals surface area contributed by atoms with E-state index in [0.29, 0.717) is 29.2 Å². The van der Waals surface area contributed by atoms with Crippen molar-refractivity contribution >= 4 is 12.5 Å². The highest BCUT2D eigenvalue weighted by Crippen LogP contribution is 2.47. The van der Waals surface area contributed by atoms with Crippen LogP contribution in [0.5, 0.6) is 17.2 Å². The maximum absolute atomic E-state index is 13.7. The summed E-state index contributed by atoms with van der Waals surface area (Å²) in [5, 5.41) is 14.9. The van der Waals surface area contributed by atoms with Crippen molar-refractivity contribution in [2.24, 2.45) is 0 Å². The molecule has 2 aliphatic rings. The number of alkyl halides is 3. The highest BCUT2D eigenvalue weighted by atomic mass is 19.4. The normalized spacial score (nSPS) is 16.3. The summed E-state index contributed by atoms with van der Waals surface area (Å²) >= 11 is 0. The van der Waals surface area contributed by atoms with E-state index in [1.54, 1.807) is 21.0 Å². The molecule has 2 aliphatic heterocycles. The van der Waals surface area contributed by atoms with E-state index in [4.69, 9.17) is 14.2 Å². The van der Waals surface area contributed by atoms with Crippen LogP contribution >= 0.6 is 0 Å². The van der Waals surface area contributed by atoms with E-state index in [-0.39, 0.29) is 24.5 Å². The van der Waals surface area contributed by atoms with Gasteiger partial charge >= 0.3 is 12.3 Å². The first-order valence-corrected chi connectivity index (χ1v) is 12.7. The van der Waals surface area contributed by atoms with Crippen molar-refractivity contribution in [1.82, 2.24) is 15.6 Å². The Morgan fingerprint density at radius 2 is 1.86 bits per heavy atom. The Morgan fingerprint density at radius 3 is 2.48 bits per heavy atom. The van der Waals surface area contributed by atoms with Gasteiger partial charge in [0.2, 0.25) is 12.0 Å². The van der Waals surface area contributed by atoms with Gasteiger partial charge in [-0.25, -0.2) is 14.2 Å². The molecule has 0 saturated carbocycles. The average molecular weight is 592 g/mol. The maximum Gasteiger partial charge on any atom is 0.424 e. The molecule has 1 unspecified atom stereocenters. The molecule has 42 heavy (non-hydrogen) atoms. The first kappa shape index (κ1) is 30.6. The summed E-state index contributed by atoms with van der Waals surface area (Å²) < 4.78 is 70.3. The highest BCUT2D eigenvalue weighted by Gasteiger charge is 2.57. The molecular weight excluding hydrogens is 562 g/mol. The highest BCUT2D eigenvalue weighted by molar-refractivity contribution is 5.75. The molecule has 0 aliphatic carbocycles. The number of benzene rings is 2. The molecule has 1 aromatic heterocycles. The zero-order valence-electron chi connectivity index (χ0n) is 23.2. The zero-order chi connectivity index (χ0) is 30.9. The van der Waals surface area contributed by atoms with E-state index < -0.39 is 41.3 Å². The zero-order valence-corrected chi connectivity index (χ0v) is 23.2. The predicted octanol–water partition coefficient (Wildman–Crippen LogP) is 4.66. The van der Waals surface area contributed by atoms with E-state index >= 15 is 0 Å². The van der Waals surface area contributed by atoms with Gasteiger partial charge in [0.05, 0.1) is 26.0 Å². The quantitative estimate of drug-likeness (QED) is 0.282. The first-order valence-electron chi connectivity index (χ1n) is 12.7. The fourth-order valence-corrected chi connectivity index (χ4v) is 4.56. The van der Waals surface area contributed by atoms with Crippen LogP contribution in [0.1, 0.15) is 36.2 Å². The summed E-state index contributed by atoms with van der Waals surface area (Å²) in [5.41, 5.74) is -1.85. The van der Waals surface area contributed by atoms with Gasteiger partial charge in [-0.1, -0.05) is 19.9 Å². The minimum Gasteiger partial charge on any atom is -0.493 e. The number of aromatic nitrogens is 1. The van der Waals surface area contributed by atoms with Crippen molar-refractivity contribution in [3.63, 3.8) is 0 Å². The van der Waals surface area contributed by atoms with E-state index in [9.17, 15) is 32.3 Å². The Kier molecular flexibility index (Phi) is 8.35. The number of nitrogens with zero attached hydrogens (tertiary/aromatic N) is 1. The van der Waals surface area contributed by atoms with Crippen LogP contribution in [0.4, 0.5) is 22.4 Å². The van der Waals surface area contributed by atoms with Gasteiger partial charge in [-0.05, 0) is 48.9 Å². The van der Waals surface area contributed by atoms with Crippen LogP contribution < -0.4 is 24.8 Å². The van der Waals surface area contributed by atoms with Crippen LogP contribution in [0.3, 0.4) is 0 Å². The van der Waals surface area contributed by atoms with Crippen molar-refractivity contribution in [2.75, 3.05) is 20.3 Å². The SMILES string of the molecule is CC1(C)COc2c1cc(C(O)(CNC=O)C(F)(F)F)nc2-c1ccc(F)cc1.COc1cc(C)cc2c1OC(=O)NC2. The number of amides is 2. The number of halogens is 4. The molecule has 3 heterocycles. The lowest BCUT2D eigenvalue weighted by molar-refractivity contribution is -0.265. The topological polar surface area (TPSA) is 119 Å². The van der Waals surface area contributed by atoms with Crippen molar-refractivity contribution in [1.29, 1.82) is 0 Å². The molecule has 0 bridgehead atoms. The van der Waals surface area contributed by atoms with E-state index in [2.05, 4.69) is 10.3 Å². The Balaban J connectivity index is 0.000000241. The molecule has 0 fully saturated rings. The van der Waals surface area contributed by atoms with Crippen LogP contribution in [0.2, 0.25) is 0 Å². The number of hydrogen-bond donors (Lipinski definition) is 3. The minimum absolute atomic E-state index is 0.0619. The van der Waals surface area contributed by atoms with Crippen molar-refractivity contribution < 1.29 is 46.5 Å². The van der Waals surface area contributed by atoms with Crippen molar-refractivity contribution in [3.8, 4) is 28.5 Å². The molecule has 0 saturated heterocycles. The maximum atomic E-state index is 13.7. The molecule has 13 heteroatoms. The number of carbonyl (C=O) groups excluding carboxylic acids is 2. The number of pyridine rings is 1. The summed E-state index contributed by atoms with van der Waals surface area (Å²) in [4.78, 5) is 25.6. The molecule has 224 valence electrons. The number of fused-ring (bicyclic) bond motifs is 2. The third-order valence-corrected chi connectivity index (χ3v) is 6.85.